The maximum absolute atomic E-state index is 9.40. The van der Waals surface area contributed by atoms with Crippen LogP contribution >= 0.6 is 0 Å². The molecule has 0 aliphatic heterocycles. The van der Waals surface area contributed by atoms with Crippen LogP contribution in [-0.2, 0) is 0 Å². The topological polar surface area (TPSA) is 55.2 Å². The number of phenolic OH excluding ortho intramolecular Hbond substituents is 1. The van der Waals surface area contributed by atoms with Crippen molar-refractivity contribution in [1.29, 1.82) is 0 Å². The van der Waals surface area contributed by atoms with Gasteiger partial charge in [-0.15, -0.1) is 10.2 Å². The zero-order chi connectivity index (χ0) is 11.8. The summed E-state index contributed by atoms with van der Waals surface area (Å²) in [5, 5.41) is 19.6. The Morgan fingerprint density at radius 3 is 2.29 bits per heavy atom. The Kier molecular flexibility index (Phi) is 2.08. The van der Waals surface area contributed by atoms with Crippen LogP contribution in [0.15, 0.2) is 36.4 Å². The van der Waals surface area contributed by atoms with E-state index >= 15 is 0 Å². The average Bonchev–Trinajstić information content (AvgIpc) is 2.37. The van der Waals surface area contributed by atoms with E-state index in [0.717, 1.165) is 22.0 Å². The maximum atomic E-state index is 9.40. The second kappa shape index (κ2) is 3.59. The van der Waals surface area contributed by atoms with Crippen molar-refractivity contribution in [1.82, 2.24) is 10.2 Å². The standard InChI is InChI=1S/C13H10N2O2/c1-17-9-3-5-11-10-4-2-8(16)6-12(10)14-15-13(11)7-9/h2-7,16H,1H3. The summed E-state index contributed by atoms with van der Waals surface area (Å²) in [4.78, 5) is 0. The number of phenols is 1. The average molecular weight is 226 g/mol. The summed E-state index contributed by atoms with van der Waals surface area (Å²) in [5.74, 6) is 0.949. The third-order valence-electron chi connectivity index (χ3n) is 2.74. The van der Waals surface area contributed by atoms with Gasteiger partial charge in [-0.2, -0.15) is 0 Å². The summed E-state index contributed by atoms with van der Waals surface area (Å²) in [6, 6.07) is 10.8. The minimum Gasteiger partial charge on any atom is -0.508 e. The fourth-order valence-corrected chi connectivity index (χ4v) is 1.89. The van der Waals surface area contributed by atoms with Crippen LogP contribution < -0.4 is 4.74 Å². The van der Waals surface area contributed by atoms with Gasteiger partial charge < -0.3 is 9.84 Å². The highest BCUT2D eigenvalue weighted by atomic mass is 16.5. The lowest BCUT2D eigenvalue weighted by Crippen LogP contribution is -1.89. The number of nitrogens with zero attached hydrogens (tertiary/aromatic N) is 2. The highest BCUT2D eigenvalue weighted by Gasteiger charge is 2.05. The summed E-state index contributed by atoms with van der Waals surface area (Å²) < 4.78 is 5.15. The second-order valence-electron chi connectivity index (χ2n) is 3.78. The zero-order valence-electron chi connectivity index (χ0n) is 9.21. The molecule has 0 spiro atoms. The van der Waals surface area contributed by atoms with Crippen LogP contribution in [0.1, 0.15) is 0 Å². The monoisotopic (exact) mass is 226 g/mol. The molecule has 0 aliphatic carbocycles. The summed E-state index contributed by atoms with van der Waals surface area (Å²) in [6.45, 7) is 0. The highest BCUT2D eigenvalue weighted by molar-refractivity contribution is 6.04. The predicted molar refractivity (Wildman–Crippen MR) is 65.3 cm³/mol. The molecule has 17 heavy (non-hydrogen) atoms. The number of aromatic nitrogens is 2. The minimum atomic E-state index is 0.194. The molecule has 3 aromatic rings. The molecule has 1 aromatic heterocycles. The molecular formula is C13H10N2O2. The van der Waals surface area contributed by atoms with E-state index in [4.69, 9.17) is 4.74 Å². The van der Waals surface area contributed by atoms with E-state index in [-0.39, 0.29) is 5.75 Å². The molecule has 4 heteroatoms. The molecular weight excluding hydrogens is 216 g/mol. The van der Waals surface area contributed by atoms with Crippen LogP contribution in [0.4, 0.5) is 0 Å². The third-order valence-corrected chi connectivity index (χ3v) is 2.74. The number of ether oxygens (including phenoxy) is 1. The third kappa shape index (κ3) is 1.54. The molecule has 84 valence electrons. The zero-order valence-corrected chi connectivity index (χ0v) is 9.21. The lowest BCUT2D eigenvalue weighted by Gasteiger charge is -2.04. The van der Waals surface area contributed by atoms with E-state index in [0.29, 0.717) is 5.52 Å². The molecule has 0 unspecified atom stereocenters. The van der Waals surface area contributed by atoms with E-state index in [1.54, 1.807) is 19.2 Å². The highest BCUT2D eigenvalue weighted by Crippen LogP contribution is 2.27. The van der Waals surface area contributed by atoms with Gasteiger partial charge in [0.1, 0.15) is 11.5 Å². The number of hydrogen-bond donors (Lipinski definition) is 1. The molecule has 4 nitrogen and oxygen atoms in total. The Hall–Kier alpha value is -2.36. The SMILES string of the molecule is COc1ccc2c(c1)nnc1cc(O)ccc12. The Balaban J connectivity index is 2.40. The predicted octanol–water partition coefficient (Wildman–Crippen LogP) is 2.50. The number of fused-ring (bicyclic) bond motifs is 3. The fraction of sp³-hybridized carbons (Fsp3) is 0.0769. The lowest BCUT2D eigenvalue weighted by molar-refractivity contribution is 0.415. The number of aromatic hydroxyl groups is 1. The van der Waals surface area contributed by atoms with Crippen LogP contribution in [0.3, 0.4) is 0 Å². The van der Waals surface area contributed by atoms with Crippen molar-refractivity contribution in [2.75, 3.05) is 7.11 Å². The first-order valence-corrected chi connectivity index (χ1v) is 5.21. The van der Waals surface area contributed by atoms with Crippen LogP contribution in [0, 0.1) is 0 Å². The maximum Gasteiger partial charge on any atom is 0.121 e. The van der Waals surface area contributed by atoms with Crippen LogP contribution in [0.2, 0.25) is 0 Å². The number of hydrogen-bond acceptors (Lipinski definition) is 4. The minimum absolute atomic E-state index is 0.194. The van der Waals surface area contributed by atoms with Gasteiger partial charge in [0.25, 0.3) is 0 Å². The Labute approximate surface area is 97.5 Å². The van der Waals surface area contributed by atoms with Gasteiger partial charge in [0.05, 0.1) is 18.1 Å². The van der Waals surface area contributed by atoms with Gasteiger partial charge in [0.2, 0.25) is 0 Å². The molecule has 0 aliphatic rings. The molecule has 0 amide bonds. The molecule has 0 fully saturated rings. The van der Waals surface area contributed by atoms with E-state index in [1.165, 1.54) is 0 Å². The van der Waals surface area contributed by atoms with Crippen molar-refractivity contribution < 1.29 is 9.84 Å². The van der Waals surface area contributed by atoms with Crippen molar-refractivity contribution in [2.24, 2.45) is 0 Å². The van der Waals surface area contributed by atoms with Crippen molar-refractivity contribution in [3.05, 3.63) is 36.4 Å². The molecule has 3 rings (SSSR count). The van der Waals surface area contributed by atoms with E-state index in [1.807, 2.05) is 24.3 Å². The quantitative estimate of drug-likeness (QED) is 0.648. The first-order chi connectivity index (χ1) is 8.28. The molecule has 2 aromatic carbocycles. The van der Waals surface area contributed by atoms with Crippen molar-refractivity contribution in [3.63, 3.8) is 0 Å². The molecule has 1 N–H and O–H groups in total. The number of benzene rings is 2. The summed E-state index contributed by atoms with van der Waals surface area (Å²) in [5.41, 5.74) is 1.46. The van der Waals surface area contributed by atoms with Crippen molar-refractivity contribution in [3.8, 4) is 11.5 Å². The molecule has 0 bridgehead atoms. The van der Waals surface area contributed by atoms with Gasteiger partial charge in [-0.05, 0) is 24.3 Å². The Bertz CT molecular complexity index is 710. The Morgan fingerprint density at radius 2 is 1.59 bits per heavy atom. The van der Waals surface area contributed by atoms with Gasteiger partial charge in [-0.1, -0.05) is 0 Å². The number of methoxy groups -OCH3 is 1. The first-order valence-electron chi connectivity index (χ1n) is 5.21. The largest absolute Gasteiger partial charge is 0.508 e. The van der Waals surface area contributed by atoms with Gasteiger partial charge >= 0.3 is 0 Å². The molecule has 0 radical (unpaired) electrons. The lowest BCUT2D eigenvalue weighted by atomic mass is 10.1. The molecule has 0 atom stereocenters. The summed E-state index contributed by atoms with van der Waals surface area (Å²) in [6.07, 6.45) is 0. The second-order valence-corrected chi connectivity index (χ2v) is 3.78. The van der Waals surface area contributed by atoms with Crippen LogP contribution in [0.5, 0.6) is 11.5 Å². The Morgan fingerprint density at radius 1 is 0.941 bits per heavy atom. The van der Waals surface area contributed by atoms with Gasteiger partial charge in [-0.3, -0.25) is 0 Å². The van der Waals surface area contributed by atoms with Gasteiger partial charge in [0.15, 0.2) is 0 Å². The van der Waals surface area contributed by atoms with Crippen molar-refractivity contribution in [2.45, 2.75) is 0 Å². The van der Waals surface area contributed by atoms with E-state index in [2.05, 4.69) is 10.2 Å². The number of rotatable bonds is 1. The van der Waals surface area contributed by atoms with Gasteiger partial charge in [-0.25, -0.2) is 0 Å². The molecule has 0 saturated carbocycles. The smallest absolute Gasteiger partial charge is 0.121 e. The first kappa shape index (κ1) is 9.84. The summed E-state index contributed by atoms with van der Waals surface area (Å²) >= 11 is 0. The summed E-state index contributed by atoms with van der Waals surface area (Å²) in [7, 11) is 1.62. The van der Waals surface area contributed by atoms with E-state index < -0.39 is 0 Å². The molecule has 1 heterocycles. The van der Waals surface area contributed by atoms with Crippen LogP contribution in [0.25, 0.3) is 21.8 Å². The fourth-order valence-electron chi connectivity index (χ4n) is 1.89. The van der Waals surface area contributed by atoms with Crippen LogP contribution in [-0.4, -0.2) is 22.4 Å². The normalized spacial score (nSPS) is 10.9. The van der Waals surface area contributed by atoms with E-state index in [9.17, 15) is 5.11 Å². The van der Waals surface area contributed by atoms with Crippen molar-refractivity contribution >= 4 is 21.8 Å². The molecule has 0 saturated heterocycles. The van der Waals surface area contributed by atoms with Gasteiger partial charge in [0, 0.05) is 22.9 Å².